The van der Waals surface area contributed by atoms with E-state index < -0.39 is 0 Å². The summed E-state index contributed by atoms with van der Waals surface area (Å²) in [5, 5.41) is 6.78. The summed E-state index contributed by atoms with van der Waals surface area (Å²) in [6.07, 6.45) is 11.4. The molecule has 0 fully saturated rings. The minimum atomic E-state index is 0.942. The lowest BCUT2D eigenvalue weighted by Crippen LogP contribution is -2.10. The molecule has 1 aromatic carbocycles. The van der Waals surface area contributed by atoms with Crippen LogP contribution < -0.4 is 10.6 Å². The van der Waals surface area contributed by atoms with Crippen molar-refractivity contribution in [3.05, 3.63) is 70.8 Å². The van der Waals surface area contributed by atoms with Crippen LogP contribution in [0, 0.1) is 6.92 Å². The first-order chi connectivity index (χ1) is 11.1. The SMILES string of the molecule is C=N/C=C1/C=CC(c2c(C)cc3c(c2NC(=C)C)CCC3)=CN1. The molecule has 1 heterocycles. The van der Waals surface area contributed by atoms with E-state index in [4.69, 9.17) is 0 Å². The van der Waals surface area contributed by atoms with E-state index in [1.165, 1.54) is 46.4 Å². The number of aliphatic imine (C=N–C) groups is 1. The molecule has 0 bridgehead atoms. The van der Waals surface area contributed by atoms with Crippen molar-refractivity contribution < 1.29 is 0 Å². The van der Waals surface area contributed by atoms with Crippen LogP contribution in [0.15, 0.2) is 53.6 Å². The zero-order valence-corrected chi connectivity index (χ0v) is 13.9. The van der Waals surface area contributed by atoms with Gasteiger partial charge in [-0.3, -0.25) is 4.99 Å². The number of aryl methyl sites for hydroxylation is 2. The Hall–Kier alpha value is -2.55. The van der Waals surface area contributed by atoms with Crippen LogP contribution in [0.4, 0.5) is 5.69 Å². The zero-order valence-electron chi connectivity index (χ0n) is 13.9. The van der Waals surface area contributed by atoms with E-state index in [0.29, 0.717) is 0 Å². The van der Waals surface area contributed by atoms with E-state index >= 15 is 0 Å². The van der Waals surface area contributed by atoms with Crippen molar-refractivity contribution in [2.45, 2.75) is 33.1 Å². The molecule has 0 spiro atoms. The number of fused-ring (bicyclic) bond motifs is 1. The van der Waals surface area contributed by atoms with Gasteiger partial charge in [-0.2, -0.15) is 0 Å². The molecule has 0 saturated heterocycles. The highest BCUT2D eigenvalue weighted by atomic mass is 14.9. The second kappa shape index (κ2) is 6.29. The molecule has 0 amide bonds. The largest absolute Gasteiger partial charge is 0.360 e. The summed E-state index contributed by atoms with van der Waals surface area (Å²) < 4.78 is 0. The third-order valence-corrected chi connectivity index (χ3v) is 4.29. The standard InChI is InChI=1S/C20H23N3/c1-13(2)23-20-18-7-5-6-15(18)10-14(3)19(20)16-8-9-17(12-21-4)22-11-16/h8-12,22-23H,1,4-7H2,2-3H3/b17-12-. The molecule has 0 unspecified atom stereocenters. The van der Waals surface area contributed by atoms with Crippen molar-refractivity contribution >= 4 is 18.0 Å². The highest BCUT2D eigenvalue weighted by molar-refractivity contribution is 5.88. The maximum atomic E-state index is 4.04. The number of allylic oxidation sites excluding steroid dienone is 4. The molecular weight excluding hydrogens is 282 g/mol. The lowest BCUT2D eigenvalue weighted by molar-refractivity contribution is 0.912. The number of rotatable bonds is 4. The predicted octanol–water partition coefficient (Wildman–Crippen LogP) is 4.47. The summed E-state index contributed by atoms with van der Waals surface area (Å²) in [6, 6.07) is 2.34. The summed E-state index contributed by atoms with van der Waals surface area (Å²) in [5.41, 5.74) is 9.76. The lowest BCUT2D eigenvalue weighted by Gasteiger charge is -2.21. The first-order valence-corrected chi connectivity index (χ1v) is 7.99. The lowest BCUT2D eigenvalue weighted by atomic mass is 9.92. The molecule has 2 aliphatic rings. The van der Waals surface area contributed by atoms with Gasteiger partial charge in [0.1, 0.15) is 0 Å². The fourth-order valence-electron chi connectivity index (χ4n) is 3.39. The van der Waals surface area contributed by atoms with Crippen LogP contribution in [0.2, 0.25) is 0 Å². The van der Waals surface area contributed by atoms with Gasteiger partial charge in [0.05, 0.1) is 5.70 Å². The monoisotopic (exact) mass is 305 g/mol. The van der Waals surface area contributed by atoms with Gasteiger partial charge in [0, 0.05) is 34.9 Å². The Kier molecular flexibility index (Phi) is 4.20. The van der Waals surface area contributed by atoms with Gasteiger partial charge >= 0.3 is 0 Å². The Morgan fingerprint density at radius 3 is 2.83 bits per heavy atom. The van der Waals surface area contributed by atoms with Crippen LogP contribution in [0.3, 0.4) is 0 Å². The summed E-state index contributed by atoms with van der Waals surface area (Å²) in [5.74, 6) is 0. The van der Waals surface area contributed by atoms with Gasteiger partial charge in [0.25, 0.3) is 0 Å². The van der Waals surface area contributed by atoms with E-state index in [2.05, 4.69) is 48.0 Å². The van der Waals surface area contributed by atoms with Gasteiger partial charge in [-0.25, -0.2) is 0 Å². The molecule has 0 radical (unpaired) electrons. The van der Waals surface area contributed by atoms with Gasteiger partial charge in [-0.15, -0.1) is 0 Å². The van der Waals surface area contributed by atoms with Crippen LogP contribution in [-0.4, -0.2) is 6.72 Å². The smallest absolute Gasteiger partial charge is 0.0565 e. The van der Waals surface area contributed by atoms with Gasteiger partial charge < -0.3 is 10.6 Å². The molecule has 0 saturated carbocycles. The van der Waals surface area contributed by atoms with E-state index in [-0.39, 0.29) is 0 Å². The van der Waals surface area contributed by atoms with Crippen molar-refractivity contribution in [1.29, 1.82) is 0 Å². The molecule has 0 aromatic heterocycles. The van der Waals surface area contributed by atoms with Crippen molar-refractivity contribution in [2.75, 3.05) is 5.32 Å². The van der Waals surface area contributed by atoms with Crippen LogP contribution in [0.5, 0.6) is 0 Å². The summed E-state index contributed by atoms with van der Waals surface area (Å²) in [6.45, 7) is 11.7. The number of dihydropyridines is 1. The zero-order chi connectivity index (χ0) is 16.4. The van der Waals surface area contributed by atoms with Gasteiger partial charge in [-0.05, 0) is 62.6 Å². The summed E-state index contributed by atoms with van der Waals surface area (Å²) in [4.78, 5) is 3.80. The number of nitrogens with one attached hydrogen (secondary N) is 2. The molecule has 118 valence electrons. The fraction of sp³-hybridized carbons (Fsp3) is 0.250. The molecule has 23 heavy (non-hydrogen) atoms. The van der Waals surface area contributed by atoms with Crippen LogP contribution >= 0.6 is 0 Å². The predicted molar refractivity (Wildman–Crippen MR) is 99.5 cm³/mol. The number of nitrogens with zero attached hydrogens (tertiary/aromatic N) is 1. The molecule has 3 heteroatoms. The highest BCUT2D eigenvalue weighted by Crippen LogP contribution is 2.39. The molecule has 1 aromatic rings. The average molecular weight is 305 g/mol. The van der Waals surface area contributed by atoms with Crippen LogP contribution in [0.1, 0.15) is 35.6 Å². The maximum Gasteiger partial charge on any atom is 0.0565 e. The van der Waals surface area contributed by atoms with E-state index in [0.717, 1.165) is 17.8 Å². The van der Waals surface area contributed by atoms with Gasteiger partial charge in [0.2, 0.25) is 0 Å². The van der Waals surface area contributed by atoms with E-state index in [1.807, 2.05) is 19.2 Å². The molecular formula is C20H23N3. The molecule has 3 nitrogen and oxygen atoms in total. The molecule has 1 aliphatic carbocycles. The van der Waals surface area contributed by atoms with Crippen molar-refractivity contribution in [1.82, 2.24) is 5.32 Å². The van der Waals surface area contributed by atoms with Gasteiger partial charge in [0.15, 0.2) is 0 Å². The average Bonchev–Trinajstić information content (AvgIpc) is 2.96. The normalized spacial score (nSPS) is 17.5. The van der Waals surface area contributed by atoms with Crippen LogP contribution in [0.25, 0.3) is 5.57 Å². The number of anilines is 1. The third-order valence-electron chi connectivity index (χ3n) is 4.29. The molecule has 0 atom stereocenters. The maximum absolute atomic E-state index is 4.04. The number of benzene rings is 1. The van der Waals surface area contributed by atoms with Crippen molar-refractivity contribution in [3.63, 3.8) is 0 Å². The first-order valence-electron chi connectivity index (χ1n) is 7.99. The fourth-order valence-corrected chi connectivity index (χ4v) is 3.39. The quantitative estimate of drug-likeness (QED) is 0.805. The summed E-state index contributed by atoms with van der Waals surface area (Å²) in [7, 11) is 0. The Morgan fingerprint density at radius 1 is 1.35 bits per heavy atom. The van der Waals surface area contributed by atoms with Crippen LogP contribution in [-0.2, 0) is 12.8 Å². The van der Waals surface area contributed by atoms with E-state index in [9.17, 15) is 0 Å². The summed E-state index contributed by atoms with van der Waals surface area (Å²) >= 11 is 0. The van der Waals surface area contributed by atoms with E-state index in [1.54, 1.807) is 6.20 Å². The first kappa shape index (κ1) is 15.3. The van der Waals surface area contributed by atoms with Crippen molar-refractivity contribution in [2.24, 2.45) is 4.99 Å². The molecule has 1 aliphatic heterocycles. The minimum Gasteiger partial charge on any atom is -0.360 e. The Labute approximate surface area is 138 Å². The van der Waals surface area contributed by atoms with Crippen molar-refractivity contribution in [3.8, 4) is 0 Å². The van der Waals surface area contributed by atoms with Gasteiger partial charge in [-0.1, -0.05) is 18.7 Å². The second-order valence-corrected chi connectivity index (χ2v) is 6.18. The topological polar surface area (TPSA) is 36.4 Å². The Bertz CT molecular complexity index is 764. The molecule has 3 rings (SSSR count). The number of hydrogen-bond donors (Lipinski definition) is 2. The highest BCUT2D eigenvalue weighted by Gasteiger charge is 2.22. The Balaban J connectivity index is 2.09. The Morgan fingerprint density at radius 2 is 2.17 bits per heavy atom. The minimum absolute atomic E-state index is 0.942. The second-order valence-electron chi connectivity index (χ2n) is 6.18. The number of hydrogen-bond acceptors (Lipinski definition) is 3. The third kappa shape index (κ3) is 3.00. The molecule has 2 N–H and O–H groups in total.